The monoisotopic (exact) mass is 248 g/mol. The van der Waals surface area contributed by atoms with Crippen LogP contribution < -0.4 is 0 Å². The first kappa shape index (κ1) is 11.0. The Balaban J connectivity index is 2.32. The zero-order valence-corrected chi connectivity index (χ0v) is 10.1. The molecule has 0 spiro atoms. The Morgan fingerprint density at radius 2 is 2.08 bits per heavy atom. The van der Waals surface area contributed by atoms with Gasteiger partial charge in [-0.3, -0.25) is 4.79 Å². The minimum Gasteiger partial charge on any atom is -0.466 e. The Morgan fingerprint density at radius 1 is 1.46 bits per heavy atom. The normalized spacial score (nSPS) is 29.8. The van der Waals surface area contributed by atoms with Crippen molar-refractivity contribution in [3.63, 3.8) is 0 Å². The van der Waals surface area contributed by atoms with E-state index < -0.39 is 0 Å². The van der Waals surface area contributed by atoms with E-state index in [0.717, 1.165) is 5.33 Å². The van der Waals surface area contributed by atoms with Gasteiger partial charge in [0.2, 0.25) is 0 Å². The van der Waals surface area contributed by atoms with E-state index in [4.69, 9.17) is 4.74 Å². The van der Waals surface area contributed by atoms with Gasteiger partial charge in [-0.1, -0.05) is 29.8 Å². The highest BCUT2D eigenvalue weighted by Crippen LogP contribution is 2.60. The van der Waals surface area contributed by atoms with Crippen molar-refractivity contribution in [1.82, 2.24) is 0 Å². The van der Waals surface area contributed by atoms with Crippen molar-refractivity contribution in [3.05, 3.63) is 0 Å². The van der Waals surface area contributed by atoms with Crippen molar-refractivity contribution < 1.29 is 9.53 Å². The van der Waals surface area contributed by atoms with Crippen LogP contribution in [0.4, 0.5) is 0 Å². The number of hydrogen-bond acceptors (Lipinski definition) is 2. The van der Waals surface area contributed by atoms with Crippen molar-refractivity contribution in [1.29, 1.82) is 0 Å². The lowest BCUT2D eigenvalue weighted by molar-refractivity contribution is -0.141. The number of ether oxygens (including phenoxy) is 1. The van der Waals surface area contributed by atoms with Gasteiger partial charge in [0.15, 0.2) is 0 Å². The van der Waals surface area contributed by atoms with Gasteiger partial charge >= 0.3 is 5.97 Å². The van der Waals surface area contributed by atoms with Gasteiger partial charge in [-0.25, -0.2) is 0 Å². The minimum atomic E-state index is -0.166. The molecule has 2 nitrogen and oxygen atoms in total. The number of esters is 1. The van der Waals surface area contributed by atoms with Crippen LogP contribution in [-0.4, -0.2) is 17.9 Å². The second-order valence-electron chi connectivity index (χ2n) is 4.31. The molecule has 0 aromatic carbocycles. The van der Waals surface area contributed by atoms with Crippen molar-refractivity contribution >= 4 is 21.9 Å². The van der Waals surface area contributed by atoms with Crippen LogP contribution in [0.15, 0.2) is 0 Å². The van der Waals surface area contributed by atoms with E-state index in [9.17, 15) is 4.79 Å². The summed E-state index contributed by atoms with van der Waals surface area (Å²) in [7, 11) is 0. The van der Waals surface area contributed by atoms with Crippen LogP contribution in [0.2, 0.25) is 0 Å². The maximum absolute atomic E-state index is 10.6. The molecule has 0 bridgehead atoms. The minimum absolute atomic E-state index is 0.166. The average molecular weight is 249 g/mol. The summed E-state index contributed by atoms with van der Waals surface area (Å²) in [6, 6.07) is 0. The van der Waals surface area contributed by atoms with Crippen molar-refractivity contribution in [2.45, 2.75) is 27.2 Å². The van der Waals surface area contributed by atoms with E-state index in [1.165, 1.54) is 13.3 Å². The van der Waals surface area contributed by atoms with Crippen molar-refractivity contribution in [2.24, 2.45) is 17.3 Å². The van der Waals surface area contributed by atoms with Gasteiger partial charge in [0.25, 0.3) is 0 Å². The first-order chi connectivity index (χ1) is 6.00. The Hall–Kier alpha value is -0.0500. The molecule has 13 heavy (non-hydrogen) atoms. The van der Waals surface area contributed by atoms with E-state index in [2.05, 4.69) is 29.8 Å². The number of alkyl halides is 1. The Labute approximate surface area is 88.2 Å². The Morgan fingerprint density at radius 3 is 2.54 bits per heavy atom. The van der Waals surface area contributed by atoms with E-state index in [0.29, 0.717) is 23.9 Å². The molecule has 2 atom stereocenters. The molecule has 0 aromatic heterocycles. The fourth-order valence-electron chi connectivity index (χ4n) is 2.09. The number of hydrogen-bond donors (Lipinski definition) is 0. The molecule has 76 valence electrons. The SMILES string of the molecule is CC(=O)OC[C@@H]1[C@H](CCBr)C1(C)C. The molecule has 0 amide bonds. The van der Waals surface area contributed by atoms with Crippen molar-refractivity contribution in [2.75, 3.05) is 11.9 Å². The first-order valence-corrected chi connectivity index (χ1v) is 5.81. The largest absolute Gasteiger partial charge is 0.466 e. The highest BCUT2D eigenvalue weighted by molar-refractivity contribution is 9.09. The highest BCUT2D eigenvalue weighted by atomic mass is 79.9. The summed E-state index contributed by atoms with van der Waals surface area (Å²) in [5.41, 5.74) is 0.364. The van der Waals surface area contributed by atoms with Crippen LogP contribution in [0.25, 0.3) is 0 Å². The molecule has 1 saturated carbocycles. The summed E-state index contributed by atoms with van der Waals surface area (Å²) in [6.07, 6.45) is 1.18. The topological polar surface area (TPSA) is 26.3 Å². The molecule has 1 fully saturated rings. The quantitative estimate of drug-likeness (QED) is 0.565. The van der Waals surface area contributed by atoms with E-state index in [1.54, 1.807) is 0 Å². The molecule has 0 heterocycles. The summed E-state index contributed by atoms with van der Waals surface area (Å²) >= 11 is 3.44. The second-order valence-corrected chi connectivity index (χ2v) is 5.11. The molecule has 0 aromatic rings. The summed E-state index contributed by atoms with van der Waals surface area (Å²) < 4.78 is 5.02. The number of rotatable bonds is 4. The Bertz CT molecular complexity index is 201. The third-order valence-electron chi connectivity index (χ3n) is 3.17. The maximum Gasteiger partial charge on any atom is 0.302 e. The molecule has 1 aliphatic carbocycles. The molecular weight excluding hydrogens is 232 g/mol. The first-order valence-electron chi connectivity index (χ1n) is 4.69. The van der Waals surface area contributed by atoms with Crippen LogP contribution >= 0.6 is 15.9 Å². The third kappa shape index (κ3) is 2.46. The lowest BCUT2D eigenvalue weighted by Gasteiger charge is -2.02. The smallest absolute Gasteiger partial charge is 0.302 e. The third-order valence-corrected chi connectivity index (χ3v) is 3.63. The highest BCUT2D eigenvalue weighted by Gasteiger charge is 2.56. The molecule has 0 aliphatic heterocycles. The van der Waals surface area contributed by atoms with Crippen LogP contribution in [0, 0.1) is 17.3 Å². The maximum atomic E-state index is 10.6. The van der Waals surface area contributed by atoms with E-state index in [-0.39, 0.29) is 5.97 Å². The fourth-order valence-corrected chi connectivity index (χ4v) is 2.58. The van der Waals surface area contributed by atoms with Gasteiger partial charge in [-0.15, -0.1) is 0 Å². The van der Waals surface area contributed by atoms with E-state index in [1.807, 2.05) is 0 Å². The van der Waals surface area contributed by atoms with Crippen LogP contribution in [0.3, 0.4) is 0 Å². The second kappa shape index (κ2) is 3.99. The molecule has 3 heteroatoms. The summed E-state index contributed by atoms with van der Waals surface area (Å²) in [5.74, 6) is 1.11. The molecule has 0 N–H and O–H groups in total. The standard InChI is InChI=1S/C10H17BrO2/c1-7(12)13-6-9-8(4-5-11)10(9,2)3/h8-9H,4-6H2,1-3H3/t8-,9+/m0/s1. The summed E-state index contributed by atoms with van der Waals surface area (Å²) in [5, 5.41) is 1.04. The lowest BCUT2D eigenvalue weighted by atomic mass is 10.1. The van der Waals surface area contributed by atoms with Crippen LogP contribution in [-0.2, 0) is 9.53 Å². The van der Waals surface area contributed by atoms with E-state index >= 15 is 0 Å². The van der Waals surface area contributed by atoms with Gasteiger partial charge in [0.05, 0.1) is 6.61 Å². The number of carbonyl (C=O) groups is 1. The van der Waals surface area contributed by atoms with Gasteiger partial charge in [0, 0.05) is 18.2 Å². The molecule has 1 aliphatic rings. The molecule has 0 unspecified atom stereocenters. The molecule has 0 saturated heterocycles. The van der Waals surface area contributed by atoms with Crippen molar-refractivity contribution in [3.8, 4) is 0 Å². The van der Waals surface area contributed by atoms with Gasteiger partial charge in [-0.2, -0.15) is 0 Å². The Kier molecular flexibility index (Phi) is 3.38. The lowest BCUT2D eigenvalue weighted by Crippen LogP contribution is -2.05. The molecule has 0 radical (unpaired) electrons. The van der Waals surface area contributed by atoms with Gasteiger partial charge in [0.1, 0.15) is 0 Å². The fraction of sp³-hybridized carbons (Fsp3) is 0.900. The summed E-state index contributed by atoms with van der Waals surface area (Å²) in [4.78, 5) is 10.6. The predicted octanol–water partition coefficient (Wildman–Crippen LogP) is 2.61. The molecular formula is C10H17BrO2. The summed E-state index contributed by atoms with van der Waals surface area (Å²) in [6.45, 7) is 6.55. The zero-order valence-electron chi connectivity index (χ0n) is 8.47. The van der Waals surface area contributed by atoms with Crippen LogP contribution in [0.1, 0.15) is 27.2 Å². The number of halogens is 1. The molecule has 1 rings (SSSR count). The average Bonchev–Trinajstić information content (AvgIpc) is 2.51. The number of carbonyl (C=O) groups excluding carboxylic acids is 1. The zero-order chi connectivity index (χ0) is 10.1. The van der Waals surface area contributed by atoms with Crippen LogP contribution in [0.5, 0.6) is 0 Å². The van der Waals surface area contributed by atoms with Gasteiger partial charge in [-0.05, 0) is 17.8 Å². The van der Waals surface area contributed by atoms with Gasteiger partial charge < -0.3 is 4.74 Å². The predicted molar refractivity (Wildman–Crippen MR) is 55.8 cm³/mol.